The van der Waals surface area contributed by atoms with Gasteiger partial charge in [-0.3, -0.25) is 4.79 Å². The van der Waals surface area contributed by atoms with Gasteiger partial charge in [-0.1, -0.05) is 0 Å². The molecule has 1 unspecified atom stereocenters. The molecule has 132 valence electrons. The Kier molecular flexibility index (Phi) is 5.41. The predicted molar refractivity (Wildman–Crippen MR) is 89.6 cm³/mol. The molecule has 1 aliphatic carbocycles. The van der Waals surface area contributed by atoms with E-state index in [4.69, 9.17) is 5.73 Å². The maximum Gasteiger partial charge on any atom is 0.433 e. The number of nitrogens with two attached hydrogens (primary N) is 1. The summed E-state index contributed by atoms with van der Waals surface area (Å²) in [5.41, 5.74) is 5.63. The smallest absolute Gasteiger partial charge is 0.350 e. The van der Waals surface area contributed by atoms with Crippen molar-refractivity contribution in [3.05, 3.63) is 28.3 Å². The minimum atomic E-state index is -4.49. The third-order valence-corrected chi connectivity index (χ3v) is 5.23. The van der Waals surface area contributed by atoms with Gasteiger partial charge in [0.25, 0.3) is 5.91 Å². The van der Waals surface area contributed by atoms with Gasteiger partial charge in [-0.05, 0) is 43.4 Å². The van der Waals surface area contributed by atoms with Crippen molar-refractivity contribution in [1.82, 2.24) is 10.3 Å². The minimum Gasteiger partial charge on any atom is -0.350 e. The fourth-order valence-corrected chi connectivity index (χ4v) is 3.55. The van der Waals surface area contributed by atoms with E-state index in [0.29, 0.717) is 28.3 Å². The van der Waals surface area contributed by atoms with Crippen LogP contribution in [-0.4, -0.2) is 23.5 Å². The third-order valence-electron chi connectivity index (χ3n) is 4.03. The molecule has 24 heavy (non-hydrogen) atoms. The zero-order valence-electron chi connectivity index (χ0n) is 12.8. The van der Waals surface area contributed by atoms with Crippen LogP contribution in [0.2, 0.25) is 0 Å². The zero-order valence-corrected chi connectivity index (χ0v) is 14.4. The van der Waals surface area contributed by atoms with Crippen LogP contribution in [0.3, 0.4) is 0 Å². The Morgan fingerprint density at radius 2 is 2.12 bits per heavy atom. The molecule has 1 amide bonds. The Morgan fingerprint density at radius 3 is 2.71 bits per heavy atom. The number of halogens is 4. The van der Waals surface area contributed by atoms with Crippen LogP contribution in [0.15, 0.2) is 12.1 Å². The van der Waals surface area contributed by atoms with E-state index in [1.807, 2.05) is 0 Å². The van der Waals surface area contributed by atoms with Gasteiger partial charge in [0, 0.05) is 18.0 Å². The molecule has 0 bridgehead atoms. The van der Waals surface area contributed by atoms with E-state index in [9.17, 15) is 18.0 Å². The van der Waals surface area contributed by atoms with Crippen LogP contribution in [0, 0.1) is 12.8 Å². The van der Waals surface area contributed by atoms with Gasteiger partial charge < -0.3 is 11.1 Å². The van der Waals surface area contributed by atoms with E-state index >= 15 is 0 Å². The lowest BCUT2D eigenvalue weighted by Crippen LogP contribution is -2.38. The summed E-state index contributed by atoms with van der Waals surface area (Å²) in [6.07, 6.45) is -2.32. The highest BCUT2D eigenvalue weighted by Crippen LogP contribution is 2.34. The second-order valence-corrected chi connectivity index (χ2v) is 6.81. The number of nitrogens with one attached hydrogen (secondary N) is 1. The summed E-state index contributed by atoms with van der Waals surface area (Å²) in [5, 5.41) is 3.33. The van der Waals surface area contributed by atoms with Crippen molar-refractivity contribution in [2.24, 2.45) is 11.7 Å². The first-order chi connectivity index (χ1) is 10.8. The van der Waals surface area contributed by atoms with Gasteiger partial charge in [-0.2, -0.15) is 13.2 Å². The topological polar surface area (TPSA) is 68.0 Å². The molecular formula is C15H17ClF3N3OS. The molecule has 3 N–H and O–H groups in total. The van der Waals surface area contributed by atoms with Gasteiger partial charge in [0.15, 0.2) is 0 Å². The molecule has 2 aromatic rings. The number of alkyl halides is 3. The molecule has 2 heterocycles. The van der Waals surface area contributed by atoms with Crippen LogP contribution in [-0.2, 0) is 6.18 Å². The Hall–Kier alpha value is -1.38. The first kappa shape index (κ1) is 19.0. The van der Waals surface area contributed by atoms with Gasteiger partial charge in [0.2, 0.25) is 0 Å². The molecule has 3 rings (SSSR count). The summed E-state index contributed by atoms with van der Waals surface area (Å²) in [6.45, 7) is 2.09. The highest BCUT2D eigenvalue weighted by Gasteiger charge is 2.33. The Morgan fingerprint density at radius 1 is 1.46 bits per heavy atom. The number of carbonyl (C=O) groups is 1. The number of fused-ring (bicyclic) bond motifs is 1. The van der Waals surface area contributed by atoms with E-state index in [1.54, 1.807) is 6.92 Å². The Bertz CT molecular complexity index is 758. The molecule has 0 spiro atoms. The molecule has 1 saturated carbocycles. The monoisotopic (exact) mass is 379 g/mol. The van der Waals surface area contributed by atoms with Crippen molar-refractivity contribution >= 4 is 39.9 Å². The van der Waals surface area contributed by atoms with Crippen LogP contribution < -0.4 is 11.1 Å². The summed E-state index contributed by atoms with van der Waals surface area (Å²) in [5.74, 6) is 0.157. The quantitative estimate of drug-likeness (QED) is 0.854. The lowest BCUT2D eigenvalue weighted by molar-refractivity contribution is -0.140. The molecule has 9 heteroatoms. The number of aryl methyl sites for hydroxylation is 1. The summed E-state index contributed by atoms with van der Waals surface area (Å²) < 4.78 is 38.2. The van der Waals surface area contributed by atoms with Gasteiger partial charge in [0.1, 0.15) is 10.5 Å². The van der Waals surface area contributed by atoms with E-state index in [-0.39, 0.29) is 29.2 Å². The maximum absolute atomic E-state index is 12.7. The lowest BCUT2D eigenvalue weighted by atomic mass is 10.1. The molecule has 0 aromatic carbocycles. The van der Waals surface area contributed by atoms with Crippen LogP contribution in [0.1, 0.15) is 33.8 Å². The molecule has 1 fully saturated rings. The minimum absolute atomic E-state index is 0. The molecule has 0 aliphatic heterocycles. The molecule has 1 aliphatic rings. The largest absolute Gasteiger partial charge is 0.433 e. The zero-order chi connectivity index (χ0) is 16.8. The van der Waals surface area contributed by atoms with E-state index in [0.717, 1.165) is 30.2 Å². The number of amides is 1. The van der Waals surface area contributed by atoms with Crippen molar-refractivity contribution in [3.8, 4) is 0 Å². The molecule has 4 nitrogen and oxygen atoms in total. The second-order valence-electron chi connectivity index (χ2n) is 5.81. The van der Waals surface area contributed by atoms with Crippen LogP contribution >= 0.6 is 23.7 Å². The Labute approximate surface area is 147 Å². The van der Waals surface area contributed by atoms with Gasteiger partial charge >= 0.3 is 6.18 Å². The second kappa shape index (κ2) is 6.85. The molecular weight excluding hydrogens is 363 g/mol. The number of nitrogens with zero attached hydrogens (tertiary/aromatic N) is 1. The van der Waals surface area contributed by atoms with Crippen molar-refractivity contribution in [3.63, 3.8) is 0 Å². The van der Waals surface area contributed by atoms with Gasteiger partial charge in [0.05, 0.1) is 4.88 Å². The number of rotatable bonds is 4. The number of hydrogen-bond acceptors (Lipinski definition) is 4. The number of thiophene rings is 1. The number of hydrogen-bond donors (Lipinski definition) is 2. The van der Waals surface area contributed by atoms with E-state index in [2.05, 4.69) is 10.3 Å². The predicted octanol–water partition coefficient (Wildman–Crippen LogP) is 3.51. The molecule has 0 radical (unpaired) electrons. The summed E-state index contributed by atoms with van der Waals surface area (Å²) in [6, 6.07) is 2.24. The van der Waals surface area contributed by atoms with Crippen LogP contribution in [0.4, 0.5) is 13.2 Å². The first-order valence-electron chi connectivity index (χ1n) is 7.28. The fraction of sp³-hybridized carbons (Fsp3) is 0.467. The average Bonchev–Trinajstić information content (AvgIpc) is 3.28. The first-order valence-corrected chi connectivity index (χ1v) is 8.10. The summed E-state index contributed by atoms with van der Waals surface area (Å²) in [4.78, 5) is 16.5. The third kappa shape index (κ3) is 3.81. The summed E-state index contributed by atoms with van der Waals surface area (Å²) >= 11 is 0.974. The van der Waals surface area contributed by atoms with Crippen LogP contribution in [0.25, 0.3) is 10.2 Å². The Balaban J connectivity index is 0.00000208. The highest BCUT2D eigenvalue weighted by molar-refractivity contribution is 7.20. The highest BCUT2D eigenvalue weighted by atomic mass is 35.5. The van der Waals surface area contributed by atoms with Gasteiger partial charge in [-0.25, -0.2) is 4.98 Å². The average molecular weight is 380 g/mol. The van der Waals surface area contributed by atoms with Gasteiger partial charge in [-0.15, -0.1) is 23.7 Å². The molecule has 1 atom stereocenters. The molecule has 0 saturated heterocycles. The normalized spacial score (nSPS) is 15.9. The number of carbonyl (C=O) groups excluding carboxylic acids is 1. The van der Waals surface area contributed by atoms with Crippen molar-refractivity contribution in [1.29, 1.82) is 0 Å². The lowest BCUT2D eigenvalue weighted by Gasteiger charge is -2.11. The maximum atomic E-state index is 12.7. The SMILES string of the molecule is Cc1c(C(=O)NCC(N)C2CC2)sc2nc(C(F)(F)F)ccc12.Cl. The fourth-order valence-electron chi connectivity index (χ4n) is 2.46. The standard InChI is InChI=1S/C15H16F3N3OS.ClH/c1-7-9-4-5-11(15(16,17)18)21-14(9)23-12(7)13(22)20-6-10(19)8-2-3-8;/h4-5,8,10H,2-3,6,19H2,1H3,(H,20,22);1H. The number of pyridine rings is 1. The van der Waals surface area contributed by atoms with Crippen molar-refractivity contribution in [2.75, 3.05) is 6.54 Å². The van der Waals surface area contributed by atoms with Crippen LogP contribution in [0.5, 0.6) is 0 Å². The van der Waals surface area contributed by atoms with Crippen molar-refractivity contribution in [2.45, 2.75) is 32.0 Å². The summed E-state index contributed by atoms with van der Waals surface area (Å²) in [7, 11) is 0. The van der Waals surface area contributed by atoms with E-state index < -0.39 is 11.9 Å². The van der Waals surface area contributed by atoms with Crippen molar-refractivity contribution < 1.29 is 18.0 Å². The molecule has 2 aromatic heterocycles. The van der Waals surface area contributed by atoms with E-state index in [1.165, 1.54) is 6.07 Å². The number of aromatic nitrogens is 1.